The second-order valence-electron chi connectivity index (χ2n) is 21.2. The predicted octanol–water partition coefficient (Wildman–Crippen LogP) is 7.04. The number of hydrogen-bond donors (Lipinski definition) is 0. The molecule has 11 rings (SSSR count). The summed E-state index contributed by atoms with van der Waals surface area (Å²) in [5, 5.41) is 0. The summed E-state index contributed by atoms with van der Waals surface area (Å²) in [5.74, 6) is -0.197. The van der Waals surface area contributed by atoms with E-state index in [1.807, 2.05) is 0 Å². The van der Waals surface area contributed by atoms with Crippen molar-refractivity contribution in [1.82, 2.24) is 0 Å². The molecule has 3 aliphatic heterocycles. The monoisotopic (exact) mass is 812 g/mol. The van der Waals surface area contributed by atoms with E-state index in [2.05, 4.69) is 33.8 Å². The first-order valence-electron chi connectivity index (χ1n) is 22.4. The average molecular weight is 813 g/mol. The maximum absolute atomic E-state index is 13.0. The lowest BCUT2D eigenvalue weighted by molar-refractivity contribution is -0.172. The summed E-state index contributed by atoms with van der Waals surface area (Å²) in [4.78, 5) is 74.5. The molecule has 5 saturated carbocycles. The van der Waals surface area contributed by atoms with Crippen molar-refractivity contribution in [1.29, 1.82) is 0 Å². The molecule has 3 heterocycles. The van der Waals surface area contributed by atoms with Gasteiger partial charge in [-0.1, -0.05) is 50.5 Å². The van der Waals surface area contributed by atoms with Gasteiger partial charge in [0.05, 0.1) is 32.2 Å². The quantitative estimate of drug-likeness (QED) is 0.122. The average Bonchev–Trinajstić information content (AvgIpc) is 3.43. The number of hydrogen-bond acceptors (Lipinski definition) is 11. The number of carbonyl (C=O) groups excluding carboxylic acids is 6. The maximum Gasteiger partial charge on any atom is 0.309 e. The molecule has 0 radical (unpaired) electrons. The molecule has 8 fully saturated rings. The van der Waals surface area contributed by atoms with Gasteiger partial charge in [0, 0.05) is 53.3 Å². The van der Waals surface area contributed by atoms with Crippen molar-refractivity contribution < 1.29 is 52.5 Å². The first kappa shape index (κ1) is 39.5. The Kier molecular flexibility index (Phi) is 8.53. The van der Waals surface area contributed by atoms with Gasteiger partial charge in [-0.15, -0.1) is 0 Å². The zero-order valence-corrected chi connectivity index (χ0v) is 35.6. The van der Waals surface area contributed by atoms with E-state index in [-0.39, 0.29) is 98.7 Å². The van der Waals surface area contributed by atoms with Crippen LogP contribution in [0.2, 0.25) is 0 Å². The summed E-state index contributed by atoms with van der Waals surface area (Å²) in [6, 6.07) is 0. The van der Waals surface area contributed by atoms with Gasteiger partial charge in [-0.25, -0.2) is 0 Å². The smallest absolute Gasteiger partial charge is 0.309 e. The highest BCUT2D eigenvalue weighted by molar-refractivity contribution is 5.93. The fourth-order valence-corrected chi connectivity index (χ4v) is 16.2. The van der Waals surface area contributed by atoms with Crippen LogP contribution >= 0.6 is 0 Å². The number of rotatable bonds is 2. The SMILES string of the molecule is COC(=O)[C@@H]1CC2=CC(=O)CCC2(C)C2=CCC3(C)C(CC[C@@]34CCC(=O)O4)C21.COC(=O)[C@@H]1CC2=CC(=O)CCC2(C)[C@@]23OC2CC2(C)C(CC[C@@]24CCC(=O)O4)C13. The molecule has 14 atom stereocenters. The molecule has 59 heavy (non-hydrogen) atoms. The molecule has 0 aromatic carbocycles. The molecule has 0 N–H and O–H groups in total. The van der Waals surface area contributed by atoms with Crippen molar-refractivity contribution in [3.05, 3.63) is 34.9 Å². The van der Waals surface area contributed by atoms with Crippen LogP contribution in [0.1, 0.15) is 130 Å². The van der Waals surface area contributed by atoms with Gasteiger partial charge >= 0.3 is 23.9 Å². The molecule has 11 aliphatic rings. The largest absolute Gasteiger partial charge is 0.469 e. The standard InChI is InChI=1S/C24H30O6.C24H30O5/c1-21-7-4-14(25)10-13(21)11-15(20(27)28-3)19-16-5-8-23(9-6-18(26)30-23)22(16,2)12-17-24(19,21)29-17;1-22-8-4-15(25)12-14(22)13-16(21(27)28-3)20-17(22)5-9-23(2)18(20)6-10-24(23)11-7-19(26)29-24/h10,15-17,19H,4-9,11-12H2,1-3H3;5,12,16,18,20H,4,6-11,13H2,1-3H3/t15-,16?,17?,19?,21?,22?,23-,24-;16-,18?,20?,22?,23?,24-/m11/s1. The number of ether oxygens (including phenoxy) is 5. The van der Waals surface area contributed by atoms with Crippen LogP contribution in [0.4, 0.5) is 0 Å². The van der Waals surface area contributed by atoms with Gasteiger partial charge in [-0.2, -0.15) is 0 Å². The normalized spacial score (nSPS) is 49.5. The van der Waals surface area contributed by atoms with E-state index in [9.17, 15) is 28.8 Å². The molecule has 0 bridgehead atoms. The van der Waals surface area contributed by atoms with Crippen LogP contribution in [0.5, 0.6) is 0 Å². The van der Waals surface area contributed by atoms with E-state index in [4.69, 9.17) is 23.7 Å². The Balaban J connectivity index is 0.000000143. The highest BCUT2D eigenvalue weighted by Crippen LogP contribution is 2.78. The summed E-state index contributed by atoms with van der Waals surface area (Å²) >= 11 is 0. The fraction of sp³-hybridized carbons (Fsp3) is 0.750. The molecule has 0 amide bonds. The van der Waals surface area contributed by atoms with Crippen molar-refractivity contribution >= 4 is 35.4 Å². The summed E-state index contributed by atoms with van der Waals surface area (Å²) in [6.07, 6.45) is 17.7. The molecule has 0 aromatic rings. The van der Waals surface area contributed by atoms with Gasteiger partial charge in [-0.3, -0.25) is 28.8 Å². The lowest BCUT2D eigenvalue weighted by Gasteiger charge is -2.58. The van der Waals surface area contributed by atoms with Crippen molar-refractivity contribution in [3.8, 4) is 0 Å². The Morgan fingerprint density at radius 2 is 1.25 bits per heavy atom. The van der Waals surface area contributed by atoms with Gasteiger partial charge < -0.3 is 23.7 Å². The van der Waals surface area contributed by atoms with E-state index in [0.717, 1.165) is 75.4 Å². The minimum atomic E-state index is -0.424. The Morgan fingerprint density at radius 3 is 1.88 bits per heavy atom. The zero-order chi connectivity index (χ0) is 41.7. The molecule has 318 valence electrons. The number of fused-ring (bicyclic) bond motifs is 10. The highest BCUT2D eigenvalue weighted by Gasteiger charge is 2.83. The first-order chi connectivity index (χ1) is 27.9. The van der Waals surface area contributed by atoms with Crippen molar-refractivity contribution in [2.24, 2.45) is 57.2 Å². The third kappa shape index (κ3) is 4.97. The van der Waals surface area contributed by atoms with Crippen molar-refractivity contribution in [3.63, 3.8) is 0 Å². The second kappa shape index (κ2) is 12.7. The molecule has 0 aromatic heterocycles. The van der Waals surface area contributed by atoms with Gasteiger partial charge in [0.15, 0.2) is 11.6 Å². The Hall–Kier alpha value is -3.60. The molecule has 3 spiro atoms. The second-order valence-corrected chi connectivity index (χ2v) is 21.2. The molecule has 11 heteroatoms. The molecular weight excluding hydrogens is 753 g/mol. The number of epoxide rings is 1. The van der Waals surface area contributed by atoms with Crippen LogP contribution in [0.25, 0.3) is 0 Å². The van der Waals surface area contributed by atoms with E-state index >= 15 is 0 Å². The van der Waals surface area contributed by atoms with E-state index < -0.39 is 16.8 Å². The third-order valence-electron chi connectivity index (χ3n) is 19.4. The molecule has 8 aliphatic carbocycles. The maximum atomic E-state index is 13.0. The number of allylic oxidation sites excluding steroid dienone is 4. The van der Waals surface area contributed by atoms with Crippen molar-refractivity contribution in [2.45, 2.75) is 153 Å². The minimum Gasteiger partial charge on any atom is -0.469 e. The predicted molar refractivity (Wildman–Crippen MR) is 211 cm³/mol. The van der Waals surface area contributed by atoms with E-state index in [1.165, 1.54) is 19.8 Å². The topological polar surface area (TPSA) is 152 Å². The van der Waals surface area contributed by atoms with E-state index in [1.54, 1.807) is 12.2 Å². The van der Waals surface area contributed by atoms with Crippen LogP contribution in [-0.2, 0) is 52.5 Å². The minimum absolute atomic E-state index is 0.0303. The number of carbonyl (C=O) groups is 6. The van der Waals surface area contributed by atoms with Crippen LogP contribution in [0.3, 0.4) is 0 Å². The highest BCUT2D eigenvalue weighted by atomic mass is 16.6. The number of ketones is 2. The Bertz CT molecular complexity index is 2060. The lowest BCUT2D eigenvalue weighted by Crippen LogP contribution is -2.63. The van der Waals surface area contributed by atoms with Gasteiger partial charge in [-0.05, 0) is 107 Å². The fourth-order valence-electron chi connectivity index (χ4n) is 16.2. The van der Waals surface area contributed by atoms with E-state index in [0.29, 0.717) is 38.5 Å². The third-order valence-corrected chi connectivity index (χ3v) is 19.4. The molecule has 11 nitrogen and oxygen atoms in total. The van der Waals surface area contributed by atoms with Crippen LogP contribution in [-0.4, -0.2) is 72.6 Å². The lowest BCUT2D eigenvalue weighted by atomic mass is 9.43. The van der Waals surface area contributed by atoms with Gasteiger partial charge in [0.1, 0.15) is 16.8 Å². The van der Waals surface area contributed by atoms with Crippen LogP contribution in [0.15, 0.2) is 34.9 Å². The molecule has 9 unspecified atom stereocenters. The summed E-state index contributed by atoms with van der Waals surface area (Å²) in [5.41, 5.74) is 1.55. The number of esters is 4. The summed E-state index contributed by atoms with van der Waals surface area (Å²) in [6.45, 7) is 9.03. The van der Waals surface area contributed by atoms with Crippen LogP contribution in [0, 0.1) is 57.2 Å². The molecule has 3 saturated heterocycles. The summed E-state index contributed by atoms with van der Waals surface area (Å²) < 4.78 is 29.1. The molecular formula is C48H60O11. The van der Waals surface area contributed by atoms with Gasteiger partial charge in [0.2, 0.25) is 0 Å². The van der Waals surface area contributed by atoms with Crippen molar-refractivity contribution in [2.75, 3.05) is 14.2 Å². The first-order valence-corrected chi connectivity index (χ1v) is 22.4. The Labute approximate surface area is 346 Å². The Morgan fingerprint density at radius 1 is 0.678 bits per heavy atom. The number of methoxy groups -OCH3 is 2. The zero-order valence-electron chi connectivity index (χ0n) is 35.6. The summed E-state index contributed by atoms with van der Waals surface area (Å²) in [7, 11) is 2.90. The van der Waals surface area contributed by atoms with Crippen LogP contribution < -0.4 is 0 Å². The van der Waals surface area contributed by atoms with Gasteiger partial charge in [0.25, 0.3) is 0 Å².